The molecule has 2 fully saturated rings. The van der Waals surface area contributed by atoms with Crippen molar-refractivity contribution in [3.8, 4) is 0 Å². The van der Waals surface area contributed by atoms with Crippen LogP contribution in [0, 0.1) is 0 Å². The zero-order valence-corrected chi connectivity index (χ0v) is 18.4. The summed E-state index contributed by atoms with van der Waals surface area (Å²) in [6, 6.07) is 16.7. The highest BCUT2D eigenvalue weighted by molar-refractivity contribution is 6.31. The maximum absolute atomic E-state index is 12.8. The highest BCUT2D eigenvalue weighted by Crippen LogP contribution is 2.38. The van der Waals surface area contributed by atoms with Gasteiger partial charge in [0.25, 0.3) is 0 Å². The minimum atomic E-state index is 0.176. The van der Waals surface area contributed by atoms with E-state index in [2.05, 4.69) is 17.0 Å². The standard InChI is InChI=1S/C24H28Cl2N2O/c1-2-24(29)28(20-7-5-6-18(25)14-20)21-12-13-27-16-17(10-11-19(27)15-21)22-8-3-4-9-23(22)26/h3-9,14,17,19,21H,2,10-13,15-16H2,1H3/t17-,19+,21+/m0/s1. The average molecular weight is 431 g/mol. The zero-order chi connectivity index (χ0) is 20.4. The number of benzene rings is 2. The Morgan fingerprint density at radius 3 is 2.69 bits per heavy atom. The molecule has 0 aromatic heterocycles. The number of piperidine rings is 2. The van der Waals surface area contributed by atoms with Gasteiger partial charge in [0.15, 0.2) is 0 Å². The number of fused-ring (bicyclic) bond motifs is 1. The van der Waals surface area contributed by atoms with Crippen LogP contribution in [-0.4, -0.2) is 36.0 Å². The molecule has 4 rings (SSSR count). The lowest BCUT2D eigenvalue weighted by Gasteiger charge is -2.47. The third-order valence-corrected chi connectivity index (χ3v) is 7.06. The van der Waals surface area contributed by atoms with E-state index in [1.165, 1.54) is 5.56 Å². The normalized spacial score (nSPS) is 24.7. The summed E-state index contributed by atoms with van der Waals surface area (Å²) in [4.78, 5) is 17.4. The van der Waals surface area contributed by atoms with Gasteiger partial charge in [0.1, 0.15) is 0 Å². The van der Waals surface area contributed by atoms with Gasteiger partial charge in [-0.15, -0.1) is 0 Å². The Bertz CT molecular complexity index is 871. The summed E-state index contributed by atoms with van der Waals surface area (Å²) in [5.74, 6) is 0.674. The Kier molecular flexibility index (Phi) is 6.48. The van der Waals surface area contributed by atoms with Crippen LogP contribution in [0.1, 0.15) is 50.5 Å². The lowest BCUT2D eigenvalue weighted by molar-refractivity contribution is -0.119. The van der Waals surface area contributed by atoms with Crippen molar-refractivity contribution in [2.24, 2.45) is 0 Å². The summed E-state index contributed by atoms with van der Waals surface area (Å²) in [5.41, 5.74) is 2.20. The second kappa shape index (κ2) is 9.07. The summed E-state index contributed by atoms with van der Waals surface area (Å²) in [6.07, 6.45) is 4.82. The molecule has 2 saturated heterocycles. The van der Waals surface area contributed by atoms with Crippen LogP contribution in [0.15, 0.2) is 48.5 Å². The molecule has 29 heavy (non-hydrogen) atoms. The van der Waals surface area contributed by atoms with Crippen molar-refractivity contribution < 1.29 is 4.79 Å². The van der Waals surface area contributed by atoms with Gasteiger partial charge in [0, 0.05) is 47.3 Å². The minimum Gasteiger partial charge on any atom is -0.309 e. The van der Waals surface area contributed by atoms with E-state index in [1.807, 2.05) is 48.2 Å². The number of carbonyl (C=O) groups excluding carboxylic acids is 1. The van der Waals surface area contributed by atoms with Crippen molar-refractivity contribution in [2.75, 3.05) is 18.0 Å². The van der Waals surface area contributed by atoms with Gasteiger partial charge < -0.3 is 4.90 Å². The summed E-state index contributed by atoms with van der Waals surface area (Å²) in [6.45, 7) is 4.01. The lowest BCUT2D eigenvalue weighted by Crippen LogP contribution is -2.54. The quantitative estimate of drug-likeness (QED) is 0.580. The van der Waals surface area contributed by atoms with E-state index >= 15 is 0 Å². The smallest absolute Gasteiger partial charge is 0.226 e. The summed E-state index contributed by atoms with van der Waals surface area (Å²) in [5, 5.41) is 1.56. The topological polar surface area (TPSA) is 23.6 Å². The van der Waals surface area contributed by atoms with Gasteiger partial charge in [0.2, 0.25) is 5.91 Å². The van der Waals surface area contributed by atoms with Crippen LogP contribution in [0.2, 0.25) is 10.0 Å². The number of nitrogens with zero attached hydrogens (tertiary/aromatic N) is 2. The van der Waals surface area contributed by atoms with E-state index in [1.54, 1.807) is 0 Å². The lowest BCUT2D eigenvalue weighted by atomic mass is 9.82. The number of amides is 1. The first-order valence-corrected chi connectivity index (χ1v) is 11.4. The molecule has 0 spiro atoms. The van der Waals surface area contributed by atoms with Gasteiger partial charge in [-0.05, 0) is 61.4 Å². The monoisotopic (exact) mass is 430 g/mol. The largest absolute Gasteiger partial charge is 0.309 e. The number of rotatable bonds is 4. The van der Waals surface area contributed by atoms with Gasteiger partial charge in [0.05, 0.1) is 0 Å². The number of anilines is 1. The molecule has 2 heterocycles. The molecule has 0 saturated carbocycles. The minimum absolute atomic E-state index is 0.176. The van der Waals surface area contributed by atoms with Crippen LogP contribution >= 0.6 is 23.2 Å². The third kappa shape index (κ3) is 4.47. The van der Waals surface area contributed by atoms with Crippen LogP contribution in [0.25, 0.3) is 0 Å². The Morgan fingerprint density at radius 2 is 1.93 bits per heavy atom. The Labute approximate surface area is 183 Å². The van der Waals surface area contributed by atoms with E-state index in [9.17, 15) is 4.79 Å². The van der Waals surface area contributed by atoms with Crippen LogP contribution in [-0.2, 0) is 4.79 Å². The van der Waals surface area contributed by atoms with E-state index < -0.39 is 0 Å². The van der Waals surface area contributed by atoms with Gasteiger partial charge in [-0.1, -0.05) is 54.4 Å². The Morgan fingerprint density at radius 1 is 1.10 bits per heavy atom. The fourth-order valence-corrected chi connectivity index (χ4v) is 5.51. The van der Waals surface area contributed by atoms with Gasteiger partial charge in [-0.2, -0.15) is 0 Å². The zero-order valence-electron chi connectivity index (χ0n) is 16.9. The second-order valence-corrected chi connectivity index (χ2v) is 9.06. The van der Waals surface area contributed by atoms with Crippen LogP contribution in [0.3, 0.4) is 0 Å². The molecule has 0 unspecified atom stereocenters. The van der Waals surface area contributed by atoms with E-state index in [-0.39, 0.29) is 11.9 Å². The fourth-order valence-electron chi connectivity index (χ4n) is 5.04. The number of carbonyl (C=O) groups is 1. The molecular weight excluding hydrogens is 403 g/mol. The molecule has 0 aliphatic carbocycles. The van der Waals surface area contributed by atoms with E-state index in [0.29, 0.717) is 23.4 Å². The Balaban J connectivity index is 1.48. The SMILES string of the molecule is CCC(=O)N(c1cccc(Cl)c1)[C@@H]1CCN2C[C@@H](c3ccccc3Cl)CC[C@@H]2C1. The molecule has 1 amide bonds. The van der Waals surface area contributed by atoms with Gasteiger partial charge in [-0.3, -0.25) is 9.69 Å². The first kappa shape index (κ1) is 20.7. The molecule has 0 N–H and O–H groups in total. The van der Waals surface area contributed by atoms with Crippen molar-refractivity contribution in [1.82, 2.24) is 4.90 Å². The molecule has 2 aromatic carbocycles. The molecule has 2 aromatic rings. The first-order valence-electron chi connectivity index (χ1n) is 10.6. The van der Waals surface area contributed by atoms with Crippen molar-refractivity contribution in [1.29, 1.82) is 0 Å². The third-order valence-electron chi connectivity index (χ3n) is 6.48. The highest BCUT2D eigenvalue weighted by atomic mass is 35.5. The van der Waals surface area contributed by atoms with Crippen molar-refractivity contribution in [3.63, 3.8) is 0 Å². The fraction of sp³-hybridized carbons (Fsp3) is 0.458. The second-order valence-electron chi connectivity index (χ2n) is 8.22. The Hall–Kier alpha value is -1.55. The molecule has 5 heteroatoms. The summed E-state index contributed by atoms with van der Waals surface area (Å²) < 4.78 is 0. The maximum atomic E-state index is 12.8. The molecule has 3 atom stereocenters. The van der Waals surface area contributed by atoms with Crippen LogP contribution in [0.4, 0.5) is 5.69 Å². The molecule has 2 aliphatic rings. The number of hydrogen-bond donors (Lipinski definition) is 0. The van der Waals surface area contributed by atoms with E-state index in [0.717, 1.165) is 49.5 Å². The average Bonchev–Trinajstić information content (AvgIpc) is 2.74. The van der Waals surface area contributed by atoms with Crippen LogP contribution < -0.4 is 4.90 Å². The predicted octanol–water partition coefficient (Wildman–Crippen LogP) is 6.15. The highest BCUT2D eigenvalue weighted by Gasteiger charge is 2.37. The first-order chi connectivity index (χ1) is 14.1. The number of halogens is 2. The molecule has 3 nitrogen and oxygen atoms in total. The summed E-state index contributed by atoms with van der Waals surface area (Å²) in [7, 11) is 0. The summed E-state index contributed by atoms with van der Waals surface area (Å²) >= 11 is 12.7. The predicted molar refractivity (Wildman–Crippen MR) is 121 cm³/mol. The van der Waals surface area contributed by atoms with Crippen LogP contribution in [0.5, 0.6) is 0 Å². The molecule has 154 valence electrons. The molecule has 2 aliphatic heterocycles. The van der Waals surface area contributed by atoms with Crippen molar-refractivity contribution in [3.05, 3.63) is 64.1 Å². The van der Waals surface area contributed by atoms with Crippen molar-refractivity contribution >= 4 is 34.8 Å². The number of hydrogen-bond acceptors (Lipinski definition) is 2. The maximum Gasteiger partial charge on any atom is 0.226 e. The molecular formula is C24H28Cl2N2O. The molecule has 0 radical (unpaired) electrons. The van der Waals surface area contributed by atoms with Crippen molar-refractivity contribution in [2.45, 2.75) is 57.0 Å². The van der Waals surface area contributed by atoms with E-state index in [4.69, 9.17) is 23.2 Å². The van der Waals surface area contributed by atoms with Gasteiger partial charge in [-0.25, -0.2) is 0 Å². The van der Waals surface area contributed by atoms with Gasteiger partial charge >= 0.3 is 0 Å². The molecule has 0 bridgehead atoms.